The number of aromatic amines is 1. The second-order valence-corrected chi connectivity index (χ2v) is 6.27. The third-order valence-corrected chi connectivity index (χ3v) is 4.41. The highest BCUT2D eigenvalue weighted by Crippen LogP contribution is 2.26. The van der Waals surface area contributed by atoms with E-state index >= 15 is 0 Å². The molecule has 0 bridgehead atoms. The number of amides is 1. The Balaban J connectivity index is 1.53. The van der Waals surface area contributed by atoms with Gasteiger partial charge in [-0.3, -0.25) is 9.89 Å². The average Bonchev–Trinajstić information content (AvgIpc) is 3.01. The highest BCUT2D eigenvalue weighted by molar-refractivity contribution is 5.76. The summed E-state index contributed by atoms with van der Waals surface area (Å²) in [5.41, 5.74) is 3.56. The maximum Gasteiger partial charge on any atom is 0.573 e. The minimum atomic E-state index is -4.76. The van der Waals surface area contributed by atoms with Gasteiger partial charge in [-0.15, -0.1) is 13.2 Å². The smallest absolute Gasteiger partial charge is 0.405 e. The first kappa shape index (κ1) is 18.3. The summed E-state index contributed by atoms with van der Waals surface area (Å²) in [6.45, 7) is -0.0240. The number of benzene rings is 1. The fourth-order valence-corrected chi connectivity index (χ4v) is 3.14. The van der Waals surface area contributed by atoms with E-state index < -0.39 is 6.36 Å². The molecule has 1 aromatic heterocycles. The first-order valence-corrected chi connectivity index (χ1v) is 8.58. The molecule has 0 unspecified atom stereocenters. The lowest BCUT2D eigenvalue weighted by atomic mass is 9.94. The topological polar surface area (TPSA) is 67.0 Å². The second kappa shape index (κ2) is 7.80. The number of alkyl halides is 3. The van der Waals surface area contributed by atoms with Crippen LogP contribution in [0.15, 0.2) is 24.3 Å². The third kappa shape index (κ3) is 4.77. The first-order chi connectivity index (χ1) is 12.4. The van der Waals surface area contributed by atoms with E-state index in [1.165, 1.54) is 23.8 Å². The fourth-order valence-electron chi connectivity index (χ4n) is 3.14. The van der Waals surface area contributed by atoms with Crippen LogP contribution in [0.3, 0.4) is 0 Å². The molecule has 0 atom stereocenters. The average molecular weight is 367 g/mol. The van der Waals surface area contributed by atoms with Gasteiger partial charge in [0.05, 0.1) is 5.69 Å². The molecule has 1 aromatic carbocycles. The number of nitrogens with one attached hydrogen (secondary N) is 2. The molecule has 140 valence electrons. The van der Waals surface area contributed by atoms with E-state index in [1.807, 2.05) is 0 Å². The van der Waals surface area contributed by atoms with E-state index in [0.717, 1.165) is 37.1 Å². The quantitative estimate of drug-likeness (QED) is 0.822. The van der Waals surface area contributed by atoms with Crippen molar-refractivity contribution >= 4 is 5.91 Å². The van der Waals surface area contributed by atoms with Crippen LogP contribution in [0.25, 0.3) is 0 Å². The minimum absolute atomic E-state index is 0.0240. The molecule has 2 aromatic rings. The van der Waals surface area contributed by atoms with Crippen molar-refractivity contribution in [2.45, 2.75) is 51.4 Å². The number of nitrogens with zero attached hydrogens (tertiary/aromatic N) is 1. The molecule has 0 fully saturated rings. The normalized spacial score (nSPS) is 14.0. The molecule has 1 aliphatic carbocycles. The van der Waals surface area contributed by atoms with Gasteiger partial charge in [-0.05, 0) is 37.3 Å². The molecule has 5 nitrogen and oxygen atoms in total. The van der Waals surface area contributed by atoms with Gasteiger partial charge >= 0.3 is 6.36 Å². The largest absolute Gasteiger partial charge is 0.573 e. The van der Waals surface area contributed by atoms with E-state index in [1.54, 1.807) is 6.07 Å². The summed E-state index contributed by atoms with van der Waals surface area (Å²) in [5.74, 6) is -0.541. The van der Waals surface area contributed by atoms with Gasteiger partial charge in [0.2, 0.25) is 5.91 Å². The van der Waals surface area contributed by atoms with E-state index in [4.69, 9.17) is 0 Å². The van der Waals surface area contributed by atoms with Crippen molar-refractivity contribution in [1.29, 1.82) is 0 Å². The lowest BCUT2D eigenvalue weighted by Crippen LogP contribution is -2.24. The summed E-state index contributed by atoms with van der Waals surface area (Å²) < 4.78 is 41.2. The van der Waals surface area contributed by atoms with Crippen LogP contribution in [0.2, 0.25) is 0 Å². The number of aromatic nitrogens is 2. The molecule has 26 heavy (non-hydrogen) atoms. The maximum absolute atomic E-state index is 12.4. The number of aryl methyl sites for hydroxylation is 2. The van der Waals surface area contributed by atoms with E-state index in [0.29, 0.717) is 6.42 Å². The summed E-state index contributed by atoms with van der Waals surface area (Å²) >= 11 is 0. The third-order valence-electron chi connectivity index (χ3n) is 4.41. The Hall–Kier alpha value is -2.51. The number of halogens is 3. The van der Waals surface area contributed by atoms with Gasteiger partial charge in [0, 0.05) is 30.6 Å². The monoisotopic (exact) mass is 367 g/mol. The summed E-state index contributed by atoms with van der Waals surface area (Å²) in [4.78, 5) is 12.1. The van der Waals surface area contributed by atoms with Crippen LogP contribution >= 0.6 is 0 Å². The lowest BCUT2D eigenvalue weighted by molar-refractivity contribution is -0.274. The summed E-state index contributed by atoms with van der Waals surface area (Å²) in [7, 11) is 0. The maximum atomic E-state index is 12.4. The highest BCUT2D eigenvalue weighted by atomic mass is 19.4. The zero-order chi connectivity index (χ0) is 18.6. The van der Waals surface area contributed by atoms with Crippen molar-refractivity contribution in [3.63, 3.8) is 0 Å². The number of para-hydroxylation sites is 1. The second-order valence-electron chi connectivity index (χ2n) is 6.27. The Kier molecular flexibility index (Phi) is 5.49. The molecule has 0 spiro atoms. The van der Waals surface area contributed by atoms with Crippen molar-refractivity contribution in [2.75, 3.05) is 0 Å². The fraction of sp³-hybridized carbons (Fsp3) is 0.444. The zero-order valence-electron chi connectivity index (χ0n) is 14.2. The molecule has 2 N–H and O–H groups in total. The molecule has 3 rings (SSSR count). The molecule has 1 aliphatic rings. The lowest BCUT2D eigenvalue weighted by Gasteiger charge is -2.14. The Bertz CT molecular complexity index is 771. The van der Waals surface area contributed by atoms with Gasteiger partial charge in [0.1, 0.15) is 5.75 Å². The van der Waals surface area contributed by atoms with Gasteiger partial charge in [-0.25, -0.2) is 0 Å². The molecule has 8 heteroatoms. The number of hydrogen-bond donors (Lipinski definition) is 2. The van der Waals surface area contributed by atoms with Crippen LogP contribution in [0.1, 0.15) is 41.8 Å². The number of ether oxygens (including phenoxy) is 1. The number of hydrogen-bond acceptors (Lipinski definition) is 3. The first-order valence-electron chi connectivity index (χ1n) is 8.58. The van der Waals surface area contributed by atoms with Gasteiger partial charge in [0.25, 0.3) is 0 Å². The van der Waals surface area contributed by atoms with Crippen molar-refractivity contribution in [2.24, 2.45) is 0 Å². The Morgan fingerprint density at radius 3 is 2.81 bits per heavy atom. The van der Waals surface area contributed by atoms with Crippen LogP contribution in [-0.2, 0) is 30.6 Å². The predicted octanol–water partition coefficient (Wildman–Crippen LogP) is 3.44. The number of carbonyl (C=O) groups is 1. The molecule has 1 heterocycles. The molecule has 0 aliphatic heterocycles. The van der Waals surface area contributed by atoms with Crippen LogP contribution in [0.5, 0.6) is 5.75 Å². The molecule has 1 amide bonds. The van der Waals surface area contributed by atoms with Gasteiger partial charge in [0.15, 0.2) is 0 Å². The number of H-pyrrole nitrogens is 1. The van der Waals surface area contributed by atoms with E-state index in [9.17, 15) is 18.0 Å². The Morgan fingerprint density at radius 2 is 2.00 bits per heavy atom. The van der Waals surface area contributed by atoms with Crippen molar-refractivity contribution in [3.05, 3.63) is 46.8 Å². The van der Waals surface area contributed by atoms with Gasteiger partial charge in [-0.2, -0.15) is 5.10 Å². The highest BCUT2D eigenvalue weighted by Gasteiger charge is 2.32. The Morgan fingerprint density at radius 1 is 1.23 bits per heavy atom. The minimum Gasteiger partial charge on any atom is -0.405 e. The van der Waals surface area contributed by atoms with Crippen molar-refractivity contribution in [3.8, 4) is 5.75 Å². The van der Waals surface area contributed by atoms with Crippen molar-refractivity contribution < 1.29 is 22.7 Å². The van der Waals surface area contributed by atoms with Crippen LogP contribution in [0.4, 0.5) is 13.2 Å². The summed E-state index contributed by atoms with van der Waals surface area (Å²) in [6, 6.07) is 5.77. The van der Waals surface area contributed by atoms with Crippen LogP contribution < -0.4 is 10.1 Å². The summed E-state index contributed by atoms with van der Waals surface area (Å²) in [6.07, 6.45) is 0.225. The standard InChI is InChI=1S/C18H20F3N3O2/c19-18(20,21)26-16-8-4-1-5-12(16)11-22-17(25)10-9-15-13-6-2-3-7-14(13)23-24-15/h1,4-5,8H,2-3,6-7,9-11H2,(H,22,25)(H,23,24). The molecule has 0 saturated heterocycles. The number of fused-ring (bicyclic) bond motifs is 1. The van der Waals surface area contributed by atoms with E-state index in [2.05, 4.69) is 20.3 Å². The number of carbonyl (C=O) groups excluding carboxylic acids is 1. The van der Waals surface area contributed by atoms with Gasteiger partial charge in [-0.1, -0.05) is 18.2 Å². The molecular formula is C18H20F3N3O2. The predicted molar refractivity (Wildman–Crippen MR) is 88.5 cm³/mol. The van der Waals surface area contributed by atoms with Crippen LogP contribution in [0, 0.1) is 0 Å². The number of rotatable bonds is 6. The summed E-state index contributed by atoms with van der Waals surface area (Å²) in [5, 5.41) is 9.97. The zero-order valence-corrected chi connectivity index (χ0v) is 14.2. The van der Waals surface area contributed by atoms with E-state index in [-0.39, 0.29) is 30.2 Å². The van der Waals surface area contributed by atoms with Crippen LogP contribution in [-0.4, -0.2) is 22.5 Å². The molecule has 0 radical (unpaired) electrons. The Labute approximate surface area is 148 Å². The molecular weight excluding hydrogens is 347 g/mol. The SMILES string of the molecule is O=C(CCc1n[nH]c2c1CCCC2)NCc1ccccc1OC(F)(F)F. The van der Waals surface area contributed by atoms with Crippen molar-refractivity contribution in [1.82, 2.24) is 15.5 Å². The van der Waals surface area contributed by atoms with Gasteiger partial charge < -0.3 is 10.1 Å². The molecule has 0 saturated carbocycles.